The normalized spacial score (nSPS) is 16.8. The Kier molecular flexibility index (Phi) is 4.00. The van der Waals surface area contributed by atoms with Gasteiger partial charge in [-0.2, -0.15) is 16.9 Å². The van der Waals surface area contributed by atoms with Gasteiger partial charge in [-0.15, -0.1) is 0 Å². The maximum absolute atomic E-state index is 10.8. The van der Waals surface area contributed by atoms with Gasteiger partial charge in [0.1, 0.15) is 0 Å². The van der Waals surface area contributed by atoms with Gasteiger partial charge >= 0.3 is 5.97 Å². The Bertz CT molecular complexity index is 438. The molecule has 1 fully saturated rings. The van der Waals surface area contributed by atoms with E-state index in [0.717, 1.165) is 36.6 Å². The second-order valence-electron chi connectivity index (χ2n) is 5.16. The van der Waals surface area contributed by atoms with E-state index in [9.17, 15) is 4.79 Å². The Morgan fingerprint density at radius 2 is 2.33 bits per heavy atom. The molecular formula is C13H20N2O2S. The maximum atomic E-state index is 10.8. The van der Waals surface area contributed by atoms with E-state index in [1.54, 1.807) is 0 Å². The number of hydrogen-bond donors (Lipinski definition) is 1. The van der Waals surface area contributed by atoms with Crippen molar-refractivity contribution in [3.8, 4) is 0 Å². The summed E-state index contributed by atoms with van der Waals surface area (Å²) in [5.74, 6) is 1.21. The molecule has 0 radical (unpaired) electrons. The van der Waals surface area contributed by atoms with E-state index in [2.05, 4.69) is 18.1 Å². The molecule has 1 N–H and O–H groups in total. The Labute approximate surface area is 112 Å². The predicted octanol–water partition coefficient (Wildman–Crippen LogP) is 2.70. The first-order valence-electron chi connectivity index (χ1n) is 6.37. The Hall–Kier alpha value is -0.970. The molecule has 1 aliphatic rings. The van der Waals surface area contributed by atoms with Crippen LogP contribution in [0.1, 0.15) is 37.6 Å². The quantitative estimate of drug-likeness (QED) is 0.826. The summed E-state index contributed by atoms with van der Waals surface area (Å²) in [4.78, 5) is 10.8. The van der Waals surface area contributed by atoms with Gasteiger partial charge in [-0.1, -0.05) is 0 Å². The lowest BCUT2D eigenvalue weighted by Crippen LogP contribution is -2.11. The summed E-state index contributed by atoms with van der Waals surface area (Å²) in [7, 11) is 0. The van der Waals surface area contributed by atoms with Crippen LogP contribution in [0.3, 0.4) is 0 Å². The van der Waals surface area contributed by atoms with E-state index in [4.69, 9.17) is 5.11 Å². The van der Waals surface area contributed by atoms with Crippen molar-refractivity contribution in [1.82, 2.24) is 9.78 Å². The lowest BCUT2D eigenvalue weighted by molar-refractivity contribution is -0.138. The summed E-state index contributed by atoms with van der Waals surface area (Å²) in [5, 5.41) is 13.3. The summed E-state index contributed by atoms with van der Waals surface area (Å²) >= 11 is 1.84. The van der Waals surface area contributed by atoms with E-state index in [1.807, 2.05) is 23.4 Å². The van der Waals surface area contributed by atoms with Crippen molar-refractivity contribution in [3.63, 3.8) is 0 Å². The van der Waals surface area contributed by atoms with Crippen LogP contribution >= 0.6 is 11.8 Å². The number of rotatable bonds is 7. The van der Waals surface area contributed by atoms with Gasteiger partial charge in [0.25, 0.3) is 0 Å². The monoisotopic (exact) mass is 268 g/mol. The van der Waals surface area contributed by atoms with Crippen LogP contribution in [0.15, 0.2) is 6.07 Å². The number of thioether (sulfide) groups is 1. The second-order valence-corrected chi connectivity index (χ2v) is 6.14. The third kappa shape index (κ3) is 3.28. The highest BCUT2D eigenvalue weighted by molar-refractivity contribution is 7.98. The van der Waals surface area contributed by atoms with Gasteiger partial charge in [0.15, 0.2) is 0 Å². The predicted molar refractivity (Wildman–Crippen MR) is 72.7 cm³/mol. The Morgan fingerprint density at radius 1 is 1.61 bits per heavy atom. The molecule has 0 amide bonds. The fourth-order valence-electron chi connectivity index (χ4n) is 2.23. The molecule has 0 unspecified atom stereocenters. The highest BCUT2D eigenvalue weighted by Gasteiger charge is 2.44. The van der Waals surface area contributed by atoms with Crippen molar-refractivity contribution < 1.29 is 9.90 Å². The average Bonchev–Trinajstić information content (AvgIpc) is 2.93. The van der Waals surface area contributed by atoms with E-state index >= 15 is 0 Å². The number of nitrogens with zero attached hydrogens (tertiary/aromatic N) is 2. The fraction of sp³-hybridized carbons (Fsp3) is 0.692. The van der Waals surface area contributed by atoms with E-state index in [-0.39, 0.29) is 5.41 Å². The highest BCUT2D eigenvalue weighted by Crippen LogP contribution is 2.51. The van der Waals surface area contributed by atoms with Crippen LogP contribution in [0.4, 0.5) is 0 Å². The molecule has 0 saturated heterocycles. The van der Waals surface area contributed by atoms with Crippen molar-refractivity contribution in [2.24, 2.45) is 5.41 Å². The molecule has 1 heterocycles. The molecule has 0 spiro atoms. The molecule has 1 aliphatic carbocycles. The number of carboxylic acid groups (broad SMARTS) is 1. The van der Waals surface area contributed by atoms with Gasteiger partial charge < -0.3 is 5.11 Å². The van der Waals surface area contributed by atoms with Gasteiger partial charge in [0.05, 0.1) is 12.1 Å². The Balaban J connectivity index is 1.83. The summed E-state index contributed by atoms with van der Waals surface area (Å²) in [5.41, 5.74) is 2.38. The molecule has 1 saturated carbocycles. The summed E-state index contributed by atoms with van der Waals surface area (Å²) < 4.78 is 2.03. The molecule has 0 aromatic carbocycles. The average molecular weight is 268 g/mol. The van der Waals surface area contributed by atoms with Crippen LogP contribution in [-0.2, 0) is 17.1 Å². The molecule has 1 aromatic rings. The third-order valence-electron chi connectivity index (χ3n) is 3.43. The van der Waals surface area contributed by atoms with Crippen molar-refractivity contribution in [3.05, 3.63) is 17.5 Å². The first-order chi connectivity index (χ1) is 8.54. The zero-order valence-corrected chi connectivity index (χ0v) is 11.8. The molecule has 100 valence electrons. The lowest BCUT2D eigenvalue weighted by atomic mass is 10.1. The minimum Gasteiger partial charge on any atom is -0.481 e. The molecule has 2 rings (SSSR count). The number of hydrogen-bond acceptors (Lipinski definition) is 3. The summed E-state index contributed by atoms with van der Waals surface area (Å²) in [6.07, 6.45) is 2.46. The van der Waals surface area contributed by atoms with Crippen LogP contribution < -0.4 is 0 Å². The smallest absolute Gasteiger partial charge is 0.303 e. The molecule has 18 heavy (non-hydrogen) atoms. The lowest BCUT2D eigenvalue weighted by Gasteiger charge is -2.11. The van der Waals surface area contributed by atoms with Gasteiger partial charge in [-0.05, 0) is 43.9 Å². The number of aromatic nitrogens is 2. The van der Waals surface area contributed by atoms with Crippen molar-refractivity contribution in [2.45, 2.75) is 45.4 Å². The molecule has 5 heteroatoms. The van der Waals surface area contributed by atoms with Gasteiger partial charge in [0.2, 0.25) is 0 Å². The fourth-order valence-corrected chi connectivity index (χ4v) is 3.60. The molecular weight excluding hydrogens is 248 g/mol. The second kappa shape index (κ2) is 5.34. The zero-order valence-electron chi connectivity index (χ0n) is 11.0. The van der Waals surface area contributed by atoms with Crippen molar-refractivity contribution in [2.75, 3.05) is 5.75 Å². The molecule has 0 bridgehead atoms. The number of carboxylic acids is 1. The Morgan fingerprint density at radius 3 is 2.89 bits per heavy atom. The van der Waals surface area contributed by atoms with Gasteiger partial charge in [0, 0.05) is 18.0 Å². The first-order valence-corrected chi connectivity index (χ1v) is 7.53. The van der Waals surface area contributed by atoms with Crippen LogP contribution in [0.5, 0.6) is 0 Å². The van der Waals surface area contributed by atoms with Crippen LogP contribution in [0.2, 0.25) is 0 Å². The minimum absolute atomic E-state index is 0.0859. The van der Waals surface area contributed by atoms with Crippen LogP contribution in [-0.4, -0.2) is 26.6 Å². The van der Waals surface area contributed by atoms with Gasteiger partial charge in [-0.25, -0.2) is 0 Å². The topological polar surface area (TPSA) is 55.1 Å². The number of carbonyl (C=O) groups is 1. The summed E-state index contributed by atoms with van der Waals surface area (Å²) in [6, 6.07) is 2.12. The number of aliphatic carboxylic acids is 1. The van der Waals surface area contributed by atoms with Gasteiger partial charge in [-0.3, -0.25) is 9.48 Å². The zero-order chi connectivity index (χ0) is 13.2. The first kappa shape index (κ1) is 13.5. The number of aryl methyl sites for hydroxylation is 2. The third-order valence-corrected chi connectivity index (χ3v) is 4.74. The van der Waals surface area contributed by atoms with Crippen molar-refractivity contribution in [1.29, 1.82) is 0 Å². The summed E-state index contributed by atoms with van der Waals surface area (Å²) in [6.45, 7) is 4.99. The van der Waals surface area contributed by atoms with Crippen LogP contribution in [0.25, 0.3) is 0 Å². The largest absolute Gasteiger partial charge is 0.481 e. The molecule has 1 aromatic heterocycles. The van der Waals surface area contributed by atoms with E-state index in [0.29, 0.717) is 6.42 Å². The molecule has 0 atom stereocenters. The van der Waals surface area contributed by atoms with E-state index < -0.39 is 5.97 Å². The van der Waals surface area contributed by atoms with E-state index in [1.165, 1.54) is 5.69 Å². The SMILES string of the molecule is CCn1nc(C)cc1CSCC1(CC(=O)O)CC1. The molecule has 4 nitrogen and oxygen atoms in total. The standard InChI is InChI=1S/C13H20N2O2S/c1-3-15-11(6-10(2)14-15)8-18-9-13(4-5-13)7-12(16)17/h6H,3-5,7-9H2,1-2H3,(H,16,17). The van der Waals surface area contributed by atoms with Crippen molar-refractivity contribution >= 4 is 17.7 Å². The molecule has 0 aliphatic heterocycles. The highest BCUT2D eigenvalue weighted by atomic mass is 32.2. The minimum atomic E-state index is -0.664. The maximum Gasteiger partial charge on any atom is 0.303 e. The van der Waals surface area contributed by atoms with Crippen LogP contribution in [0, 0.1) is 12.3 Å².